The van der Waals surface area contributed by atoms with Crippen LogP contribution < -0.4 is 5.32 Å². The van der Waals surface area contributed by atoms with Crippen LogP contribution in [0.1, 0.15) is 28.6 Å². The maximum atomic E-state index is 13.7. The van der Waals surface area contributed by atoms with Crippen LogP contribution in [0.4, 0.5) is 14.5 Å². The van der Waals surface area contributed by atoms with Gasteiger partial charge in [-0.1, -0.05) is 6.07 Å². The molecule has 148 valence electrons. The standard InChI is InChI=1S/C20H15F2N3O4/c1-11-16(13(10-23)19(28-11)25-8-3-4-9-25)20(27)29-12(2)18(26)24-17-14(21)6-5-7-15(17)22/h3-9,12H,1-2H3,(H,24,26)/t12-/m0/s1. The molecule has 0 bridgehead atoms. The fourth-order valence-electron chi connectivity index (χ4n) is 2.65. The van der Waals surface area contributed by atoms with Gasteiger partial charge in [0.2, 0.25) is 5.88 Å². The maximum absolute atomic E-state index is 13.7. The molecule has 2 heterocycles. The number of rotatable bonds is 5. The van der Waals surface area contributed by atoms with Gasteiger partial charge >= 0.3 is 5.97 Å². The molecule has 0 saturated heterocycles. The van der Waals surface area contributed by atoms with Crippen LogP contribution in [0.25, 0.3) is 5.88 Å². The molecule has 1 N–H and O–H groups in total. The second-order valence-electron chi connectivity index (χ2n) is 6.05. The van der Waals surface area contributed by atoms with Gasteiger partial charge in [0, 0.05) is 12.4 Å². The molecule has 3 aromatic rings. The summed E-state index contributed by atoms with van der Waals surface area (Å²) >= 11 is 0. The molecule has 3 rings (SSSR count). The first-order valence-corrected chi connectivity index (χ1v) is 8.46. The Hall–Kier alpha value is -3.93. The Morgan fingerprint density at radius 1 is 1.21 bits per heavy atom. The predicted octanol–water partition coefficient (Wildman–Crippen LogP) is 3.71. The van der Waals surface area contributed by atoms with Crippen molar-refractivity contribution in [1.82, 2.24) is 4.57 Å². The number of esters is 1. The minimum atomic E-state index is -1.39. The number of para-hydroxylation sites is 1. The minimum Gasteiger partial charge on any atom is -0.449 e. The molecule has 0 aliphatic rings. The summed E-state index contributed by atoms with van der Waals surface area (Å²) in [5.41, 5.74) is -0.836. The van der Waals surface area contributed by atoms with Gasteiger partial charge in [0.25, 0.3) is 5.91 Å². The number of amides is 1. The van der Waals surface area contributed by atoms with Gasteiger partial charge in [0.1, 0.15) is 40.3 Å². The molecule has 0 saturated carbocycles. The lowest BCUT2D eigenvalue weighted by molar-refractivity contribution is -0.123. The van der Waals surface area contributed by atoms with E-state index >= 15 is 0 Å². The molecule has 0 spiro atoms. The summed E-state index contributed by atoms with van der Waals surface area (Å²) in [6, 6.07) is 8.43. The predicted molar refractivity (Wildman–Crippen MR) is 97.4 cm³/mol. The van der Waals surface area contributed by atoms with E-state index in [2.05, 4.69) is 0 Å². The Morgan fingerprint density at radius 3 is 2.41 bits per heavy atom. The second kappa shape index (κ2) is 7.98. The molecular formula is C20H15F2N3O4. The molecule has 2 aromatic heterocycles. The molecule has 7 nitrogen and oxygen atoms in total. The summed E-state index contributed by atoms with van der Waals surface area (Å²) in [5.74, 6) is -3.59. The zero-order valence-corrected chi connectivity index (χ0v) is 15.4. The van der Waals surface area contributed by atoms with Crippen molar-refractivity contribution in [3.8, 4) is 12.0 Å². The van der Waals surface area contributed by atoms with Gasteiger partial charge in [-0.15, -0.1) is 0 Å². The average Bonchev–Trinajstić information content (AvgIpc) is 3.31. The topological polar surface area (TPSA) is 97.3 Å². The van der Waals surface area contributed by atoms with E-state index in [1.165, 1.54) is 18.4 Å². The van der Waals surface area contributed by atoms with Gasteiger partial charge in [0.05, 0.1) is 0 Å². The van der Waals surface area contributed by atoms with Gasteiger partial charge in [-0.25, -0.2) is 13.6 Å². The Morgan fingerprint density at radius 2 is 1.83 bits per heavy atom. The molecule has 0 aliphatic carbocycles. The molecule has 0 aliphatic heterocycles. The molecular weight excluding hydrogens is 384 g/mol. The van der Waals surface area contributed by atoms with Crippen LogP contribution in [0.2, 0.25) is 0 Å². The number of aromatic nitrogens is 1. The summed E-state index contributed by atoms with van der Waals surface area (Å²) < 4.78 is 39.5. The summed E-state index contributed by atoms with van der Waals surface area (Å²) in [5, 5.41) is 11.5. The van der Waals surface area contributed by atoms with Gasteiger partial charge in [0.15, 0.2) is 6.10 Å². The molecule has 29 heavy (non-hydrogen) atoms. The number of hydrogen-bond donors (Lipinski definition) is 1. The monoisotopic (exact) mass is 399 g/mol. The number of benzene rings is 1. The van der Waals surface area contributed by atoms with Gasteiger partial charge in [-0.2, -0.15) is 5.26 Å². The van der Waals surface area contributed by atoms with Crippen LogP contribution in [0.15, 0.2) is 47.1 Å². The van der Waals surface area contributed by atoms with Gasteiger partial charge in [-0.05, 0) is 38.1 Å². The van der Waals surface area contributed by atoms with Crippen molar-refractivity contribution >= 4 is 17.6 Å². The number of halogens is 2. The Balaban J connectivity index is 1.80. The summed E-state index contributed by atoms with van der Waals surface area (Å²) in [4.78, 5) is 24.8. The molecule has 0 fully saturated rings. The molecule has 1 atom stereocenters. The van der Waals surface area contributed by atoms with Crippen molar-refractivity contribution in [2.24, 2.45) is 0 Å². The van der Waals surface area contributed by atoms with E-state index in [0.717, 1.165) is 18.2 Å². The molecule has 0 unspecified atom stereocenters. The van der Waals surface area contributed by atoms with Crippen LogP contribution in [0, 0.1) is 29.9 Å². The van der Waals surface area contributed by atoms with E-state index in [0.29, 0.717) is 0 Å². The van der Waals surface area contributed by atoms with Crippen LogP contribution in [-0.4, -0.2) is 22.5 Å². The third-order valence-electron chi connectivity index (χ3n) is 4.08. The number of ether oxygens (including phenoxy) is 1. The van der Waals surface area contributed by atoms with Crippen molar-refractivity contribution in [2.45, 2.75) is 20.0 Å². The first-order valence-electron chi connectivity index (χ1n) is 8.46. The lowest BCUT2D eigenvalue weighted by Gasteiger charge is -2.14. The van der Waals surface area contributed by atoms with Crippen LogP contribution in [0.5, 0.6) is 0 Å². The Labute approximate surface area is 164 Å². The minimum absolute atomic E-state index is 0.0588. The number of furan rings is 1. The quantitative estimate of drug-likeness (QED) is 0.660. The number of nitriles is 1. The highest BCUT2D eigenvalue weighted by molar-refractivity contribution is 5.99. The third-order valence-corrected chi connectivity index (χ3v) is 4.08. The van der Waals surface area contributed by atoms with E-state index in [1.54, 1.807) is 24.5 Å². The number of nitrogens with one attached hydrogen (secondary N) is 1. The van der Waals surface area contributed by atoms with E-state index in [1.807, 2.05) is 11.4 Å². The summed E-state index contributed by atoms with van der Waals surface area (Å²) in [7, 11) is 0. The Bertz CT molecular complexity index is 1090. The third kappa shape index (κ3) is 3.87. The highest BCUT2D eigenvalue weighted by Crippen LogP contribution is 2.26. The van der Waals surface area contributed by atoms with Gasteiger partial charge in [-0.3, -0.25) is 9.36 Å². The smallest absolute Gasteiger partial charge is 0.343 e. The number of carbonyl (C=O) groups excluding carboxylic acids is 2. The second-order valence-corrected chi connectivity index (χ2v) is 6.05. The first-order chi connectivity index (χ1) is 13.8. The fraction of sp³-hybridized carbons (Fsp3) is 0.150. The lowest BCUT2D eigenvalue weighted by Crippen LogP contribution is -2.31. The van der Waals surface area contributed by atoms with E-state index in [9.17, 15) is 23.6 Å². The highest BCUT2D eigenvalue weighted by Gasteiger charge is 2.29. The largest absolute Gasteiger partial charge is 0.449 e. The highest BCUT2D eigenvalue weighted by atomic mass is 19.1. The van der Waals surface area contributed by atoms with Crippen molar-refractivity contribution in [1.29, 1.82) is 5.26 Å². The van der Waals surface area contributed by atoms with Crippen molar-refractivity contribution in [3.63, 3.8) is 0 Å². The number of nitrogens with zero attached hydrogens (tertiary/aromatic N) is 2. The molecule has 0 radical (unpaired) electrons. The van der Waals surface area contributed by atoms with Crippen LogP contribution >= 0.6 is 0 Å². The number of hydrogen-bond acceptors (Lipinski definition) is 5. The van der Waals surface area contributed by atoms with E-state index in [-0.39, 0.29) is 22.8 Å². The van der Waals surface area contributed by atoms with E-state index in [4.69, 9.17) is 9.15 Å². The number of aryl methyl sites for hydroxylation is 1. The zero-order valence-electron chi connectivity index (χ0n) is 15.4. The maximum Gasteiger partial charge on any atom is 0.343 e. The van der Waals surface area contributed by atoms with Crippen molar-refractivity contribution in [3.05, 3.63) is 71.2 Å². The van der Waals surface area contributed by atoms with E-state index < -0.39 is 35.3 Å². The number of anilines is 1. The SMILES string of the molecule is Cc1oc(-n2cccc2)c(C#N)c1C(=O)O[C@@H](C)C(=O)Nc1c(F)cccc1F. The number of carbonyl (C=O) groups is 2. The van der Waals surface area contributed by atoms with Gasteiger partial charge < -0.3 is 14.5 Å². The zero-order chi connectivity index (χ0) is 21.1. The molecule has 9 heteroatoms. The van der Waals surface area contributed by atoms with Crippen molar-refractivity contribution < 1.29 is 27.5 Å². The fourth-order valence-corrected chi connectivity index (χ4v) is 2.65. The average molecular weight is 399 g/mol. The molecule has 1 amide bonds. The molecule has 1 aromatic carbocycles. The summed E-state index contributed by atoms with van der Waals surface area (Å²) in [6.07, 6.45) is 1.87. The normalized spacial score (nSPS) is 11.6. The van der Waals surface area contributed by atoms with Crippen LogP contribution in [0.3, 0.4) is 0 Å². The Kier molecular flexibility index (Phi) is 5.45. The lowest BCUT2D eigenvalue weighted by atomic mass is 10.1. The summed E-state index contributed by atoms with van der Waals surface area (Å²) in [6.45, 7) is 2.71. The first kappa shape index (κ1) is 19.8. The van der Waals surface area contributed by atoms with Crippen molar-refractivity contribution in [2.75, 3.05) is 5.32 Å². The van der Waals surface area contributed by atoms with Crippen LogP contribution in [-0.2, 0) is 9.53 Å².